The fourth-order valence-corrected chi connectivity index (χ4v) is 2.63. The van der Waals surface area contributed by atoms with Crippen LogP contribution in [-0.2, 0) is 6.42 Å². The number of benzene rings is 1. The first-order valence-electron chi connectivity index (χ1n) is 6.40. The maximum absolute atomic E-state index is 13.8. The number of pyridine rings is 1. The van der Waals surface area contributed by atoms with Crippen LogP contribution in [0.2, 0.25) is 0 Å². The van der Waals surface area contributed by atoms with Crippen molar-refractivity contribution >= 4 is 15.9 Å². The second-order valence-corrected chi connectivity index (χ2v) is 5.24. The van der Waals surface area contributed by atoms with Crippen molar-refractivity contribution in [2.45, 2.75) is 19.4 Å². The minimum Gasteiger partial charge on any atom is -0.309 e. The molecule has 2 nitrogen and oxygen atoms in total. The van der Waals surface area contributed by atoms with Gasteiger partial charge in [-0.05, 0) is 53.2 Å². The van der Waals surface area contributed by atoms with Crippen LogP contribution in [0.15, 0.2) is 41.0 Å². The van der Waals surface area contributed by atoms with E-state index in [0.29, 0.717) is 6.54 Å². The molecule has 2 aromatic rings. The summed E-state index contributed by atoms with van der Waals surface area (Å²) in [6.45, 7) is 2.63. The van der Waals surface area contributed by atoms with E-state index in [4.69, 9.17) is 0 Å². The molecule has 2 rings (SSSR count). The van der Waals surface area contributed by atoms with Crippen LogP contribution in [0.1, 0.15) is 24.2 Å². The van der Waals surface area contributed by atoms with Gasteiger partial charge in [-0.2, -0.15) is 0 Å². The molecule has 5 heteroatoms. The van der Waals surface area contributed by atoms with E-state index in [0.717, 1.165) is 10.2 Å². The Balaban J connectivity index is 2.33. The van der Waals surface area contributed by atoms with Crippen molar-refractivity contribution in [2.75, 3.05) is 6.54 Å². The van der Waals surface area contributed by atoms with Gasteiger partial charge in [0.2, 0.25) is 0 Å². The Labute approximate surface area is 125 Å². The third kappa shape index (κ3) is 3.41. The molecule has 0 aliphatic heterocycles. The number of halogens is 3. The van der Waals surface area contributed by atoms with E-state index in [1.54, 1.807) is 12.3 Å². The molecule has 0 amide bonds. The van der Waals surface area contributed by atoms with E-state index in [1.807, 2.05) is 13.0 Å². The molecule has 20 heavy (non-hydrogen) atoms. The van der Waals surface area contributed by atoms with E-state index < -0.39 is 11.6 Å². The lowest BCUT2D eigenvalue weighted by Gasteiger charge is -2.19. The second-order valence-electron chi connectivity index (χ2n) is 4.39. The van der Waals surface area contributed by atoms with E-state index in [9.17, 15) is 8.78 Å². The Hall–Kier alpha value is -1.33. The van der Waals surface area contributed by atoms with E-state index >= 15 is 0 Å². The first kappa shape index (κ1) is 15.1. The Morgan fingerprint density at radius 1 is 1.20 bits per heavy atom. The summed E-state index contributed by atoms with van der Waals surface area (Å²) in [7, 11) is 0. The summed E-state index contributed by atoms with van der Waals surface area (Å²) in [6.07, 6.45) is 1.88. The summed E-state index contributed by atoms with van der Waals surface area (Å²) in [6, 6.07) is 7.34. The highest BCUT2D eigenvalue weighted by atomic mass is 79.9. The molecule has 0 saturated heterocycles. The molecule has 0 spiro atoms. The van der Waals surface area contributed by atoms with Gasteiger partial charge in [-0.3, -0.25) is 4.98 Å². The maximum atomic E-state index is 13.8. The zero-order chi connectivity index (χ0) is 14.5. The Morgan fingerprint density at radius 2 is 1.90 bits per heavy atom. The average molecular weight is 341 g/mol. The van der Waals surface area contributed by atoms with Crippen molar-refractivity contribution in [3.63, 3.8) is 0 Å². The van der Waals surface area contributed by atoms with Crippen LogP contribution in [0.5, 0.6) is 0 Å². The average Bonchev–Trinajstić information content (AvgIpc) is 2.43. The van der Waals surface area contributed by atoms with Gasteiger partial charge >= 0.3 is 0 Å². The second kappa shape index (κ2) is 6.90. The molecule has 1 N–H and O–H groups in total. The van der Waals surface area contributed by atoms with Gasteiger partial charge in [-0.15, -0.1) is 0 Å². The zero-order valence-corrected chi connectivity index (χ0v) is 12.6. The third-order valence-corrected chi connectivity index (χ3v) is 3.71. The molecule has 0 aliphatic rings. The number of nitrogens with one attached hydrogen (secondary N) is 1. The molecule has 1 heterocycles. The number of likely N-dealkylation sites (N-methyl/N-ethyl adjacent to an activating group) is 1. The fourth-order valence-electron chi connectivity index (χ4n) is 2.10. The molecule has 1 atom stereocenters. The minimum atomic E-state index is -0.528. The molecule has 106 valence electrons. The van der Waals surface area contributed by atoms with Gasteiger partial charge in [0.25, 0.3) is 0 Å². The van der Waals surface area contributed by atoms with Crippen LogP contribution in [0.3, 0.4) is 0 Å². The smallest absolute Gasteiger partial charge is 0.129 e. The van der Waals surface area contributed by atoms with Gasteiger partial charge < -0.3 is 5.32 Å². The molecular formula is C15H15BrF2N2. The van der Waals surface area contributed by atoms with E-state index in [2.05, 4.69) is 26.2 Å². The van der Waals surface area contributed by atoms with Crippen LogP contribution < -0.4 is 5.32 Å². The van der Waals surface area contributed by atoms with Crippen LogP contribution >= 0.6 is 15.9 Å². The standard InChI is InChI=1S/C15H15BrF2N2/c1-2-19-14(15-11(16)5-4-8-20-15)9-10-12(17)6-3-7-13(10)18/h3-8,14,19H,2,9H2,1H3. The first-order valence-corrected chi connectivity index (χ1v) is 7.19. The summed E-state index contributed by atoms with van der Waals surface area (Å²) in [5.74, 6) is -1.06. The topological polar surface area (TPSA) is 24.9 Å². The molecule has 0 saturated carbocycles. The van der Waals surface area contributed by atoms with Crippen molar-refractivity contribution < 1.29 is 8.78 Å². The highest BCUT2D eigenvalue weighted by Crippen LogP contribution is 2.26. The molecule has 1 aromatic heterocycles. The normalized spacial score (nSPS) is 12.4. The fraction of sp³-hybridized carbons (Fsp3) is 0.267. The number of nitrogens with zero attached hydrogens (tertiary/aromatic N) is 1. The Kier molecular flexibility index (Phi) is 5.20. The van der Waals surface area contributed by atoms with Crippen LogP contribution in [0, 0.1) is 11.6 Å². The summed E-state index contributed by atoms with van der Waals surface area (Å²) in [5.41, 5.74) is 0.827. The zero-order valence-electron chi connectivity index (χ0n) is 11.0. The molecule has 0 bridgehead atoms. The largest absolute Gasteiger partial charge is 0.309 e. The van der Waals surface area contributed by atoms with Gasteiger partial charge in [-0.25, -0.2) is 8.78 Å². The monoisotopic (exact) mass is 340 g/mol. The van der Waals surface area contributed by atoms with Crippen LogP contribution in [0.25, 0.3) is 0 Å². The SMILES string of the molecule is CCNC(Cc1c(F)cccc1F)c1ncccc1Br. The van der Waals surface area contributed by atoms with E-state index in [1.165, 1.54) is 18.2 Å². The minimum absolute atomic E-state index is 0.0796. The van der Waals surface area contributed by atoms with Crippen molar-refractivity contribution in [1.29, 1.82) is 0 Å². The first-order chi connectivity index (χ1) is 9.63. The van der Waals surface area contributed by atoms with Gasteiger partial charge in [0, 0.05) is 16.2 Å². The number of aromatic nitrogens is 1. The lowest BCUT2D eigenvalue weighted by molar-refractivity contribution is 0.491. The quantitative estimate of drug-likeness (QED) is 0.889. The summed E-state index contributed by atoms with van der Waals surface area (Å²) < 4.78 is 28.4. The molecule has 0 radical (unpaired) electrons. The van der Waals surface area contributed by atoms with Crippen LogP contribution in [0.4, 0.5) is 8.78 Å². The predicted molar refractivity (Wildman–Crippen MR) is 78.4 cm³/mol. The predicted octanol–water partition coefficient (Wildman–Crippen LogP) is 4.02. The molecule has 1 aromatic carbocycles. The van der Waals surface area contributed by atoms with Gasteiger partial charge in [-0.1, -0.05) is 13.0 Å². The summed E-state index contributed by atoms with van der Waals surface area (Å²) in [5, 5.41) is 3.22. The number of hydrogen-bond acceptors (Lipinski definition) is 2. The third-order valence-electron chi connectivity index (χ3n) is 3.04. The lowest BCUT2D eigenvalue weighted by Crippen LogP contribution is -2.25. The Bertz CT molecular complexity index is 570. The summed E-state index contributed by atoms with van der Waals surface area (Å²) >= 11 is 3.43. The molecule has 1 unspecified atom stereocenters. The van der Waals surface area contributed by atoms with Crippen molar-refractivity contribution in [2.24, 2.45) is 0 Å². The highest BCUT2D eigenvalue weighted by Gasteiger charge is 2.19. The number of hydrogen-bond donors (Lipinski definition) is 1. The van der Waals surface area contributed by atoms with Crippen molar-refractivity contribution in [1.82, 2.24) is 10.3 Å². The van der Waals surface area contributed by atoms with Crippen molar-refractivity contribution in [3.8, 4) is 0 Å². The molecule has 0 aliphatic carbocycles. The lowest BCUT2D eigenvalue weighted by atomic mass is 10.0. The maximum Gasteiger partial charge on any atom is 0.129 e. The number of rotatable bonds is 5. The molecule has 0 fully saturated rings. The van der Waals surface area contributed by atoms with Crippen molar-refractivity contribution in [3.05, 3.63) is 63.9 Å². The van der Waals surface area contributed by atoms with Gasteiger partial charge in [0.15, 0.2) is 0 Å². The van der Waals surface area contributed by atoms with E-state index in [-0.39, 0.29) is 18.0 Å². The highest BCUT2D eigenvalue weighted by molar-refractivity contribution is 9.10. The van der Waals surface area contributed by atoms with Crippen LogP contribution in [-0.4, -0.2) is 11.5 Å². The van der Waals surface area contributed by atoms with Gasteiger partial charge in [0.1, 0.15) is 11.6 Å². The summed E-state index contributed by atoms with van der Waals surface area (Å²) in [4.78, 5) is 4.30. The Morgan fingerprint density at radius 3 is 2.50 bits per heavy atom. The molecular weight excluding hydrogens is 326 g/mol. The van der Waals surface area contributed by atoms with Gasteiger partial charge in [0.05, 0.1) is 11.7 Å².